The molecule has 480 valence electrons. The third-order valence-electron chi connectivity index (χ3n) is 12.9. The molecule has 0 aromatic carbocycles. The Hall–Kier alpha value is 1.37. The van der Waals surface area contributed by atoms with E-state index in [1.54, 1.807) is 107 Å². The molecule has 2 saturated heterocycles. The first-order valence-corrected chi connectivity index (χ1v) is 52.3. The molecule has 0 N–H and O–H groups in total. The van der Waals surface area contributed by atoms with Gasteiger partial charge >= 0.3 is 25.9 Å². The van der Waals surface area contributed by atoms with Crippen molar-refractivity contribution in [1.29, 1.82) is 0 Å². The van der Waals surface area contributed by atoms with E-state index in [9.17, 15) is 40.5 Å². The Morgan fingerprint density at radius 2 is 1.04 bits per heavy atom. The maximum atomic E-state index is 11.8. The molecule has 0 spiro atoms. The Bertz CT molecular complexity index is 2750. The number of esters is 1. The summed E-state index contributed by atoms with van der Waals surface area (Å²) >= 11 is 9.46. The van der Waals surface area contributed by atoms with Crippen LogP contribution in [0.15, 0.2) is 37.5 Å². The fraction of sp³-hybridized carbons (Fsp3) is 0.804. The van der Waals surface area contributed by atoms with Crippen LogP contribution in [0.4, 0.5) is 26.3 Å². The number of carbonyl (C=O) groups excluding carboxylic acids is 2. The van der Waals surface area contributed by atoms with E-state index in [0.29, 0.717) is 24.8 Å². The molecule has 2 fully saturated rings. The van der Waals surface area contributed by atoms with E-state index in [0.717, 1.165) is 19.8 Å². The first-order chi connectivity index (χ1) is 37.7. The number of methoxy groups -OCH3 is 1. The number of alkyl halides is 6. The molecule has 10 atom stereocenters. The molecule has 36 heteroatoms. The lowest BCUT2D eigenvalue weighted by atomic mass is 9.85. The lowest BCUT2D eigenvalue weighted by Gasteiger charge is -2.47. The summed E-state index contributed by atoms with van der Waals surface area (Å²) in [6.45, 7) is 43.5. The normalized spacial score (nSPS) is 22.0. The molecular weight excluding hydrogens is 1440 g/mol. The number of Topliss-reactive ketones (excluding diaryl/α,β-unsaturated/α-hetero) is 1. The highest BCUT2D eigenvalue weighted by molar-refractivity contribution is 8.77. The Morgan fingerprint density at radius 1 is 0.695 bits per heavy atom. The minimum absolute atomic E-state index is 0.00523. The number of ketones is 1. The summed E-state index contributed by atoms with van der Waals surface area (Å²) in [7, 11) is 16.4. The van der Waals surface area contributed by atoms with Crippen molar-refractivity contribution < 1.29 is 72.6 Å². The van der Waals surface area contributed by atoms with Gasteiger partial charge in [0.1, 0.15) is 18.0 Å². The van der Waals surface area contributed by atoms with Gasteiger partial charge in [0, 0.05) is 165 Å². The van der Waals surface area contributed by atoms with Crippen LogP contribution in [0, 0.1) is 30.2 Å². The molecule has 82 heavy (non-hydrogen) atoms. The molecule has 2 rings (SSSR count). The molecule has 0 aromatic rings. The lowest BCUT2D eigenvalue weighted by molar-refractivity contribution is -0.165. The number of rotatable bonds is 18. The molecular formula is C46H80F6NO10PS16Si2. The highest BCUT2D eigenvalue weighted by atomic mass is 33.5. The van der Waals surface area contributed by atoms with Crippen molar-refractivity contribution >= 4 is 183 Å². The third-order valence-corrected chi connectivity index (χ3v) is 52.7. The van der Waals surface area contributed by atoms with E-state index in [2.05, 4.69) is 127 Å². The Morgan fingerprint density at radius 3 is 1.33 bits per heavy atom. The van der Waals surface area contributed by atoms with Gasteiger partial charge in [0.25, 0.3) is 0 Å². The van der Waals surface area contributed by atoms with Gasteiger partial charge in [0.05, 0.1) is 37.6 Å². The zero-order valence-electron chi connectivity index (χ0n) is 48.7. The average molecular weight is 1520 g/mol. The van der Waals surface area contributed by atoms with Gasteiger partial charge < -0.3 is 27.9 Å². The highest BCUT2D eigenvalue weighted by Crippen LogP contribution is 2.50. The van der Waals surface area contributed by atoms with E-state index in [-0.39, 0.29) is 64.5 Å². The first kappa shape index (κ1) is 85.4. The maximum Gasteiger partial charge on any atom is 0.412 e. The quantitative estimate of drug-likeness (QED) is 0.0247. The topological polar surface area (TPSA) is 120 Å². The molecule has 0 saturated carbocycles. The second-order valence-corrected chi connectivity index (χ2v) is 57.8. The van der Waals surface area contributed by atoms with Gasteiger partial charge in [-0.25, -0.2) is 11.4 Å². The largest absolute Gasteiger partial charge is 0.466 e. The van der Waals surface area contributed by atoms with Gasteiger partial charge in [-0.1, -0.05) is 87.5 Å². The van der Waals surface area contributed by atoms with Crippen molar-refractivity contribution in [1.82, 2.24) is 0 Å². The van der Waals surface area contributed by atoms with Crippen LogP contribution in [-0.4, -0.2) is 110 Å². The van der Waals surface area contributed by atoms with Gasteiger partial charge in [0.15, 0.2) is 29.8 Å². The zero-order chi connectivity index (χ0) is 63.8. The molecule has 0 aromatic heterocycles. The van der Waals surface area contributed by atoms with Gasteiger partial charge in [-0.2, -0.15) is 26.3 Å². The molecule has 11 nitrogen and oxygen atoms in total. The van der Waals surface area contributed by atoms with E-state index in [1.807, 2.05) is 18.2 Å². The van der Waals surface area contributed by atoms with Gasteiger partial charge in [-0.15, -0.1) is 13.2 Å². The fourth-order valence-electron chi connectivity index (χ4n) is 6.53. The molecule has 0 radical (unpaired) electrons. The summed E-state index contributed by atoms with van der Waals surface area (Å²) in [5, 5.41) is 0.351. The summed E-state index contributed by atoms with van der Waals surface area (Å²) in [6, 6.07) is 0. The third kappa shape index (κ3) is 38.8. The van der Waals surface area contributed by atoms with Gasteiger partial charge in [-0.3, -0.25) is 18.4 Å². The van der Waals surface area contributed by atoms with Crippen LogP contribution in [0.25, 0.3) is 4.85 Å². The van der Waals surface area contributed by atoms with Crippen molar-refractivity contribution in [2.75, 3.05) is 33.0 Å². The van der Waals surface area contributed by atoms with Crippen LogP contribution in [-0.2, 0) is 193 Å². The summed E-state index contributed by atoms with van der Waals surface area (Å²) in [4.78, 5) is 25.4. The van der Waals surface area contributed by atoms with Gasteiger partial charge in [0.2, 0.25) is 6.54 Å². The minimum atomic E-state index is -4.89. The van der Waals surface area contributed by atoms with E-state index in [1.165, 1.54) is 30.9 Å². The number of ether oxygens (including phenoxy) is 3. The SMILES string of the molecule is C=C[C@H](C)[C@@H]1O[C@H](C/C=C\C(=O)OC)[C@H](C)C[C@@H]1O[Si](C)(C)C(C)(C)C.CC(=O)CP(=O)(OCC(F)(F)F)OCC(F)(F)F.S=S=S=S=S=S=S=S=S=S=S=S=S=S=S=S.[C-]#[N+]C[C@H]1O[C@@H]([C@@H](C)C=C)[C@@H](O[Si](C)(C)C(C)(C)C)C[C@H]1C. The Labute approximate surface area is 535 Å². The van der Waals surface area contributed by atoms with Gasteiger partial charge in [-0.05, 0) is 74.3 Å². The zero-order valence-corrected chi connectivity index (χ0v) is 64.7. The summed E-state index contributed by atoms with van der Waals surface area (Å²) < 4.78 is 121. The molecule has 2 aliphatic heterocycles. The first-order valence-electron chi connectivity index (χ1n) is 24.8. The van der Waals surface area contributed by atoms with Crippen molar-refractivity contribution in [3.05, 3.63) is 48.9 Å². The van der Waals surface area contributed by atoms with Crippen molar-refractivity contribution in [2.24, 2.45) is 23.7 Å². The van der Waals surface area contributed by atoms with Crippen LogP contribution in [0.1, 0.15) is 95.4 Å². The van der Waals surface area contributed by atoms with E-state index < -0.39 is 61.7 Å². The highest BCUT2D eigenvalue weighted by Gasteiger charge is 2.47. The summed E-state index contributed by atoms with van der Waals surface area (Å²) in [5.41, 5.74) is 0. The van der Waals surface area contributed by atoms with Crippen molar-refractivity contribution in [2.45, 2.75) is 181 Å². The van der Waals surface area contributed by atoms with E-state index >= 15 is 0 Å². The van der Waals surface area contributed by atoms with Crippen molar-refractivity contribution in [3.63, 3.8) is 0 Å². The fourth-order valence-corrected chi connectivity index (χ4v) is 43.6. The molecule has 0 amide bonds. The number of hydrogen-bond acceptors (Lipinski definition) is 12. The summed E-state index contributed by atoms with van der Waals surface area (Å²) in [6.07, 6.45) is -0.826. The minimum Gasteiger partial charge on any atom is -0.466 e. The van der Waals surface area contributed by atoms with Crippen molar-refractivity contribution in [3.8, 4) is 0 Å². The lowest BCUT2D eigenvalue weighted by Crippen LogP contribution is -2.54. The molecule has 2 heterocycles. The second-order valence-electron chi connectivity index (χ2n) is 21.4. The van der Waals surface area contributed by atoms with Crippen LogP contribution in [0.2, 0.25) is 36.3 Å². The number of carbonyl (C=O) groups is 2. The summed E-state index contributed by atoms with van der Waals surface area (Å²) in [5.74, 6) is -0.0800. The second kappa shape index (κ2) is 43.2. The number of hydrogen-bond donors (Lipinski definition) is 0. The van der Waals surface area contributed by atoms with E-state index in [4.69, 9.17) is 47.3 Å². The molecule has 2 aliphatic rings. The monoisotopic (exact) mass is 1520 g/mol. The Balaban J connectivity index is 0. The predicted molar refractivity (Wildman–Crippen MR) is 370 cm³/mol. The average Bonchev–Trinajstić information content (AvgIpc) is 3.54. The molecule has 0 unspecified atom stereocenters. The van der Waals surface area contributed by atoms with Crippen LogP contribution in [0.5, 0.6) is 0 Å². The Kier molecular flexibility index (Phi) is 45.0. The molecule has 0 aliphatic carbocycles. The molecule has 0 bridgehead atoms. The van der Waals surface area contributed by atoms with Crippen LogP contribution < -0.4 is 0 Å². The van der Waals surface area contributed by atoms with Crippen LogP contribution in [0.3, 0.4) is 0 Å². The maximum absolute atomic E-state index is 11.8. The number of halogens is 6. The predicted octanol–water partition coefficient (Wildman–Crippen LogP) is 12.9. The van der Waals surface area contributed by atoms with Crippen LogP contribution >= 0.6 is 7.60 Å². The standard InChI is InChI=1S/C21H38O4Si.C18H33NO2Si.C7H9F6O4P.S16/c1-10-15(2)20-18(25-26(8,9)21(4,5)6)14-16(3)17(24-20)12-11-13-19(22)23-7;1-10-13(2)17-15(21-22(8,9)18(4,5)6)11-14(3)16(20-17)12-19-7;1-5(14)2-18(15,16-3-6(8,9)10)17-4-7(11,12)13;1-3-5-7-9-11-13-15-16-14-12-10-8-6-4-2/h10-11,13,15-18,20H,1,12,14H2,2-9H3;10,13-17H,1,11-12H2,2-6,8-9H3;2-4H2,1H3;/b13-11-;;;/t15-,16+,17+,18-,20-;13-,14+,15-,16+,17-;;/m00../s1. The smallest absolute Gasteiger partial charge is 0.412 e. The number of nitrogens with zero attached hydrogens (tertiary/aromatic N) is 1.